The molecule has 0 fully saturated rings. The number of carbonyl (C=O) groups excluding carboxylic acids is 1. The van der Waals surface area contributed by atoms with Crippen molar-refractivity contribution < 1.29 is 4.79 Å². The number of hydrogen-bond donors (Lipinski definition) is 1. The van der Waals surface area contributed by atoms with Gasteiger partial charge in [-0.3, -0.25) is 4.79 Å². The highest BCUT2D eigenvalue weighted by Gasteiger charge is 2.06. The van der Waals surface area contributed by atoms with Crippen LogP contribution in [-0.4, -0.2) is 12.1 Å². The van der Waals surface area contributed by atoms with Crippen LogP contribution >= 0.6 is 0 Å². The van der Waals surface area contributed by atoms with Crippen molar-refractivity contribution in [3.05, 3.63) is 23.9 Å². The first-order valence-electron chi connectivity index (χ1n) is 3.90. The number of hydrogen-bond acceptors (Lipinski definition) is 3. The molecule has 0 aromatic carbocycles. The molecule has 3 nitrogen and oxygen atoms in total. The van der Waals surface area contributed by atoms with E-state index in [0.717, 1.165) is 6.42 Å². The van der Waals surface area contributed by atoms with Crippen LogP contribution < -0.4 is 5.73 Å². The van der Waals surface area contributed by atoms with Crippen LogP contribution in [0.25, 0.3) is 0 Å². The van der Waals surface area contributed by atoms with Crippen LogP contribution in [0, 0.1) is 5.92 Å². The average Bonchev–Trinajstić information content (AvgIpc) is 2.06. The largest absolute Gasteiger partial charge is 0.387 e. The van der Waals surface area contributed by atoms with E-state index >= 15 is 0 Å². The Bertz CT molecular complexity index is 264. The molecule has 0 amide bonds. The second-order valence-corrected chi connectivity index (χ2v) is 2.81. The van der Waals surface area contributed by atoms with Crippen LogP contribution in [-0.2, 0) is 4.79 Å². The van der Waals surface area contributed by atoms with E-state index in [1.807, 2.05) is 19.1 Å². The maximum absolute atomic E-state index is 10.4. The van der Waals surface area contributed by atoms with Crippen LogP contribution in [0.1, 0.15) is 13.3 Å². The van der Waals surface area contributed by atoms with Crippen molar-refractivity contribution in [3.63, 3.8) is 0 Å². The minimum absolute atomic E-state index is 0.213. The predicted octanol–water partition coefficient (Wildman–Crippen LogP) is 1.02. The molecule has 2 N–H and O–H groups in total. The summed E-state index contributed by atoms with van der Waals surface area (Å²) in [5.41, 5.74) is 6.01. The van der Waals surface area contributed by atoms with Crippen molar-refractivity contribution in [2.75, 3.05) is 0 Å². The van der Waals surface area contributed by atoms with Crippen molar-refractivity contribution in [2.24, 2.45) is 16.6 Å². The molecule has 1 heterocycles. The fourth-order valence-corrected chi connectivity index (χ4v) is 0.932. The van der Waals surface area contributed by atoms with E-state index in [4.69, 9.17) is 5.73 Å². The summed E-state index contributed by atoms with van der Waals surface area (Å²) >= 11 is 0. The van der Waals surface area contributed by atoms with Gasteiger partial charge in [-0.05, 0) is 12.5 Å². The Morgan fingerprint density at radius 3 is 3.17 bits per heavy atom. The summed E-state index contributed by atoms with van der Waals surface area (Å²) in [7, 11) is 0. The van der Waals surface area contributed by atoms with Crippen molar-refractivity contribution in [1.29, 1.82) is 0 Å². The molecule has 0 aromatic rings. The summed E-state index contributed by atoms with van der Waals surface area (Å²) in [5, 5.41) is 0. The lowest BCUT2D eigenvalue weighted by atomic mass is 10.1. The molecule has 0 bridgehead atoms. The van der Waals surface area contributed by atoms with Gasteiger partial charge in [0.05, 0.1) is 0 Å². The smallest absolute Gasteiger partial charge is 0.168 e. The summed E-state index contributed by atoms with van der Waals surface area (Å²) in [4.78, 5) is 14.4. The van der Waals surface area contributed by atoms with Crippen LogP contribution in [0.15, 0.2) is 28.9 Å². The normalized spacial score (nSPS) is 23.6. The van der Waals surface area contributed by atoms with Gasteiger partial charge in [-0.1, -0.05) is 19.1 Å². The second-order valence-electron chi connectivity index (χ2n) is 2.81. The Morgan fingerprint density at radius 2 is 2.50 bits per heavy atom. The van der Waals surface area contributed by atoms with Crippen LogP contribution in [0.4, 0.5) is 0 Å². The summed E-state index contributed by atoms with van der Waals surface area (Å²) in [6, 6.07) is 0. The summed E-state index contributed by atoms with van der Waals surface area (Å²) < 4.78 is 0. The van der Waals surface area contributed by atoms with Crippen LogP contribution in [0.2, 0.25) is 0 Å². The van der Waals surface area contributed by atoms with Gasteiger partial charge in [0.25, 0.3) is 0 Å². The van der Waals surface area contributed by atoms with E-state index in [1.54, 1.807) is 6.08 Å². The Kier molecular flexibility index (Phi) is 2.80. The number of rotatable bonds is 1. The Labute approximate surface area is 71.7 Å². The van der Waals surface area contributed by atoms with E-state index in [-0.39, 0.29) is 5.92 Å². The van der Waals surface area contributed by atoms with Gasteiger partial charge in [0.15, 0.2) is 6.29 Å². The standard InChI is InChI=1S/C9H12N2O/c1-7-4-2-3-5-8(6-12)11-9(7)10/h2-3,5-7H,4H2,1H3,(H2,10,11). The predicted molar refractivity (Wildman–Crippen MR) is 48.7 cm³/mol. The van der Waals surface area contributed by atoms with Gasteiger partial charge in [-0.2, -0.15) is 0 Å². The first-order chi connectivity index (χ1) is 5.74. The quantitative estimate of drug-likeness (QED) is 0.588. The third-order valence-electron chi connectivity index (χ3n) is 1.78. The lowest BCUT2D eigenvalue weighted by molar-refractivity contribution is -0.104. The van der Waals surface area contributed by atoms with Gasteiger partial charge >= 0.3 is 0 Å². The van der Waals surface area contributed by atoms with Crippen molar-refractivity contribution >= 4 is 12.1 Å². The minimum atomic E-state index is 0.213. The molecule has 12 heavy (non-hydrogen) atoms. The van der Waals surface area contributed by atoms with E-state index in [9.17, 15) is 4.79 Å². The molecule has 1 rings (SSSR count). The molecule has 1 atom stereocenters. The molecule has 0 saturated heterocycles. The third-order valence-corrected chi connectivity index (χ3v) is 1.78. The Morgan fingerprint density at radius 1 is 1.75 bits per heavy atom. The second kappa shape index (κ2) is 3.85. The number of nitrogens with two attached hydrogens (primary N) is 1. The lowest BCUT2D eigenvalue weighted by Crippen LogP contribution is -2.21. The maximum atomic E-state index is 10.4. The number of allylic oxidation sites excluding steroid dienone is 4. The molecule has 0 saturated carbocycles. The summed E-state index contributed by atoms with van der Waals surface area (Å²) in [5.74, 6) is 0.739. The number of aliphatic imine (C=N–C) groups is 1. The number of nitrogens with zero attached hydrogens (tertiary/aromatic N) is 1. The zero-order valence-electron chi connectivity index (χ0n) is 7.03. The van der Waals surface area contributed by atoms with Gasteiger partial charge in [0, 0.05) is 5.92 Å². The van der Waals surface area contributed by atoms with E-state index < -0.39 is 0 Å². The average molecular weight is 164 g/mol. The number of carbonyl (C=O) groups is 1. The zero-order chi connectivity index (χ0) is 8.97. The fraction of sp³-hybridized carbons (Fsp3) is 0.333. The first kappa shape index (κ1) is 8.71. The molecule has 3 heteroatoms. The highest BCUT2D eigenvalue weighted by molar-refractivity contribution is 5.88. The molecule has 0 aliphatic carbocycles. The van der Waals surface area contributed by atoms with E-state index in [2.05, 4.69) is 4.99 Å². The number of amidine groups is 1. The highest BCUT2D eigenvalue weighted by Crippen LogP contribution is 2.08. The Balaban J connectivity index is 2.94. The highest BCUT2D eigenvalue weighted by atomic mass is 16.1. The summed E-state index contributed by atoms with van der Waals surface area (Å²) in [6.07, 6.45) is 7.05. The third kappa shape index (κ3) is 2.05. The van der Waals surface area contributed by atoms with Gasteiger partial charge < -0.3 is 5.73 Å². The van der Waals surface area contributed by atoms with Crippen molar-refractivity contribution in [3.8, 4) is 0 Å². The monoisotopic (exact) mass is 164 g/mol. The molecule has 0 aromatic heterocycles. The van der Waals surface area contributed by atoms with Gasteiger partial charge in [-0.25, -0.2) is 4.99 Å². The lowest BCUT2D eigenvalue weighted by Gasteiger charge is -2.09. The first-order valence-corrected chi connectivity index (χ1v) is 3.90. The number of aldehydes is 1. The Hall–Kier alpha value is -1.38. The molecule has 1 unspecified atom stereocenters. The van der Waals surface area contributed by atoms with Crippen molar-refractivity contribution in [2.45, 2.75) is 13.3 Å². The van der Waals surface area contributed by atoms with Crippen molar-refractivity contribution in [1.82, 2.24) is 0 Å². The molecular formula is C9H12N2O. The van der Waals surface area contributed by atoms with Gasteiger partial charge in [0.1, 0.15) is 11.5 Å². The topological polar surface area (TPSA) is 55.5 Å². The molecule has 0 spiro atoms. The van der Waals surface area contributed by atoms with Gasteiger partial charge in [-0.15, -0.1) is 0 Å². The molecule has 0 radical (unpaired) electrons. The van der Waals surface area contributed by atoms with E-state index in [0.29, 0.717) is 17.8 Å². The molecule has 1 aliphatic heterocycles. The maximum Gasteiger partial charge on any atom is 0.168 e. The van der Waals surface area contributed by atoms with E-state index in [1.165, 1.54) is 0 Å². The molecule has 1 aliphatic rings. The van der Waals surface area contributed by atoms with Gasteiger partial charge in [0.2, 0.25) is 0 Å². The zero-order valence-corrected chi connectivity index (χ0v) is 7.03. The summed E-state index contributed by atoms with van der Waals surface area (Å²) in [6.45, 7) is 1.98. The fourth-order valence-electron chi connectivity index (χ4n) is 0.932. The SMILES string of the molecule is CC1CC=CC=C(C=O)N=C1N. The van der Waals surface area contributed by atoms with Crippen LogP contribution in [0.3, 0.4) is 0 Å². The molecular weight excluding hydrogens is 152 g/mol. The van der Waals surface area contributed by atoms with Crippen LogP contribution in [0.5, 0.6) is 0 Å². The minimum Gasteiger partial charge on any atom is -0.387 e. The molecule has 64 valence electrons.